The Labute approximate surface area is 119 Å². The molecule has 6 heteroatoms. The first-order chi connectivity index (χ1) is 9.56. The van der Waals surface area contributed by atoms with E-state index in [2.05, 4.69) is 5.32 Å². The Morgan fingerprint density at radius 3 is 2.40 bits per heavy atom. The molecule has 0 saturated carbocycles. The quantitative estimate of drug-likeness (QED) is 0.769. The van der Waals surface area contributed by atoms with Crippen molar-refractivity contribution in [2.75, 3.05) is 13.1 Å². The van der Waals surface area contributed by atoms with Crippen LogP contribution in [0.2, 0.25) is 0 Å². The lowest BCUT2D eigenvalue weighted by atomic mass is 10.1. The summed E-state index contributed by atoms with van der Waals surface area (Å²) in [5.41, 5.74) is 1.61. The number of nitrogens with one attached hydrogen (secondary N) is 1. The highest BCUT2D eigenvalue weighted by molar-refractivity contribution is 6.57. The second kappa shape index (κ2) is 6.57. The van der Waals surface area contributed by atoms with Crippen molar-refractivity contribution in [3.8, 4) is 0 Å². The van der Waals surface area contributed by atoms with Gasteiger partial charge in [0.15, 0.2) is 5.81 Å². The van der Waals surface area contributed by atoms with Crippen LogP contribution >= 0.6 is 0 Å². The lowest BCUT2D eigenvalue weighted by Gasteiger charge is -2.29. The summed E-state index contributed by atoms with van der Waals surface area (Å²) in [5.74, 6) is -0.0694. The van der Waals surface area contributed by atoms with E-state index in [4.69, 9.17) is 0 Å². The number of aliphatic hydroxyl groups excluding tert-OH is 1. The van der Waals surface area contributed by atoms with Crippen LogP contribution in [0.1, 0.15) is 28.8 Å². The van der Waals surface area contributed by atoms with Gasteiger partial charge in [-0.25, -0.2) is 0 Å². The Morgan fingerprint density at radius 2 is 1.85 bits per heavy atom. The summed E-state index contributed by atoms with van der Waals surface area (Å²) in [4.78, 5) is 24.9. The fourth-order valence-electron chi connectivity index (χ4n) is 2.24. The van der Waals surface area contributed by atoms with Crippen LogP contribution in [0.5, 0.6) is 0 Å². The van der Waals surface area contributed by atoms with Crippen molar-refractivity contribution >= 4 is 19.6 Å². The Kier molecular flexibility index (Phi) is 4.79. The molecule has 1 aromatic rings. The van der Waals surface area contributed by atoms with Gasteiger partial charge in [-0.15, -0.1) is 0 Å². The molecule has 2 rings (SSSR count). The monoisotopic (exact) mass is 274 g/mol. The molecule has 1 aliphatic rings. The highest BCUT2D eigenvalue weighted by atomic mass is 16.3. The van der Waals surface area contributed by atoms with Crippen LogP contribution in [0.3, 0.4) is 0 Å². The summed E-state index contributed by atoms with van der Waals surface area (Å²) in [6.45, 7) is 1.68. The molecule has 1 fully saturated rings. The molecule has 0 unspecified atom stereocenters. The van der Waals surface area contributed by atoms with E-state index in [0.29, 0.717) is 38.0 Å². The topological polar surface area (TPSA) is 69.6 Å². The molecular weight excluding hydrogens is 255 g/mol. The molecule has 0 spiro atoms. The third kappa shape index (κ3) is 3.84. The fraction of sp³-hybridized carbons (Fsp3) is 0.429. The van der Waals surface area contributed by atoms with E-state index in [0.717, 1.165) is 5.56 Å². The van der Waals surface area contributed by atoms with Crippen molar-refractivity contribution in [2.24, 2.45) is 0 Å². The van der Waals surface area contributed by atoms with Crippen LogP contribution in [0.25, 0.3) is 0 Å². The summed E-state index contributed by atoms with van der Waals surface area (Å²) >= 11 is 0. The molecule has 0 aromatic heterocycles. The van der Waals surface area contributed by atoms with E-state index < -0.39 is 0 Å². The van der Waals surface area contributed by atoms with Gasteiger partial charge in [0, 0.05) is 25.2 Å². The normalized spacial score (nSPS) is 15.9. The van der Waals surface area contributed by atoms with Crippen molar-refractivity contribution in [1.29, 1.82) is 0 Å². The SMILES string of the molecule is BC(=O)NCc1ccc(C(=O)N2CCC(O)CC2)cc1. The van der Waals surface area contributed by atoms with E-state index in [9.17, 15) is 14.7 Å². The van der Waals surface area contributed by atoms with Gasteiger partial charge in [0.05, 0.1) is 6.10 Å². The second-order valence-electron chi connectivity index (χ2n) is 5.13. The summed E-state index contributed by atoms with van der Waals surface area (Å²) in [6, 6.07) is 7.26. The minimum atomic E-state index is -0.279. The molecule has 0 atom stereocenters. The van der Waals surface area contributed by atoms with Crippen LogP contribution in [0.4, 0.5) is 4.79 Å². The first-order valence-corrected chi connectivity index (χ1v) is 6.87. The standard InChI is InChI=1S/C14H19BN2O3/c15-14(20)16-9-10-1-3-11(4-2-10)13(19)17-7-5-12(18)6-8-17/h1-4,12,18H,5-9,15H2,(H,16,20). The maximum Gasteiger partial charge on any atom is 0.253 e. The minimum absolute atomic E-state index is 0.00276. The Bertz CT molecular complexity index is 482. The maximum atomic E-state index is 12.3. The average molecular weight is 274 g/mol. The predicted molar refractivity (Wildman–Crippen MR) is 78.4 cm³/mol. The van der Waals surface area contributed by atoms with Crippen molar-refractivity contribution in [1.82, 2.24) is 10.2 Å². The highest BCUT2D eigenvalue weighted by Crippen LogP contribution is 2.14. The second-order valence-corrected chi connectivity index (χ2v) is 5.13. The van der Waals surface area contributed by atoms with Gasteiger partial charge >= 0.3 is 0 Å². The largest absolute Gasteiger partial charge is 0.393 e. The maximum absolute atomic E-state index is 12.3. The number of benzene rings is 1. The van der Waals surface area contributed by atoms with Gasteiger partial charge in [0.1, 0.15) is 0 Å². The predicted octanol–water partition coefficient (Wildman–Crippen LogP) is 0.126. The molecule has 1 saturated heterocycles. The van der Waals surface area contributed by atoms with Crippen LogP contribution in [-0.2, 0) is 6.54 Å². The fourth-order valence-corrected chi connectivity index (χ4v) is 2.24. The molecule has 5 nitrogen and oxygen atoms in total. The smallest absolute Gasteiger partial charge is 0.253 e. The van der Waals surface area contributed by atoms with Gasteiger partial charge in [-0.3, -0.25) is 9.59 Å². The summed E-state index contributed by atoms with van der Waals surface area (Å²) in [6.07, 6.45) is 1.01. The number of rotatable bonds is 3. The lowest BCUT2D eigenvalue weighted by Crippen LogP contribution is -2.40. The third-order valence-electron chi connectivity index (χ3n) is 3.49. The summed E-state index contributed by atoms with van der Waals surface area (Å²) in [5, 5.41) is 12.2. The van der Waals surface area contributed by atoms with Gasteiger partial charge < -0.3 is 15.3 Å². The van der Waals surface area contributed by atoms with E-state index in [1.54, 1.807) is 17.0 Å². The van der Waals surface area contributed by atoms with Crippen LogP contribution in [0, 0.1) is 0 Å². The number of hydrogen-bond acceptors (Lipinski definition) is 3. The van der Waals surface area contributed by atoms with Crippen molar-refractivity contribution in [3.05, 3.63) is 35.4 Å². The van der Waals surface area contributed by atoms with Crippen molar-refractivity contribution in [3.63, 3.8) is 0 Å². The van der Waals surface area contributed by atoms with Crippen LogP contribution < -0.4 is 5.32 Å². The lowest BCUT2D eigenvalue weighted by molar-refractivity contribution is 0.0546. The molecule has 106 valence electrons. The molecule has 2 amide bonds. The van der Waals surface area contributed by atoms with E-state index in [-0.39, 0.29) is 17.8 Å². The molecule has 20 heavy (non-hydrogen) atoms. The Hall–Kier alpha value is -1.82. The zero-order valence-corrected chi connectivity index (χ0v) is 11.6. The number of piperidine rings is 1. The molecule has 0 radical (unpaired) electrons. The number of nitrogens with zero attached hydrogens (tertiary/aromatic N) is 1. The summed E-state index contributed by atoms with van der Waals surface area (Å²) < 4.78 is 0. The average Bonchev–Trinajstić information content (AvgIpc) is 2.46. The molecule has 1 aliphatic heterocycles. The first kappa shape index (κ1) is 14.6. The molecule has 0 bridgehead atoms. The van der Waals surface area contributed by atoms with Gasteiger partial charge in [0.2, 0.25) is 7.85 Å². The third-order valence-corrected chi connectivity index (χ3v) is 3.49. The van der Waals surface area contributed by atoms with Gasteiger partial charge in [-0.1, -0.05) is 12.1 Å². The Morgan fingerprint density at radius 1 is 1.25 bits per heavy atom. The number of aliphatic hydroxyl groups is 1. The van der Waals surface area contributed by atoms with E-state index in [1.807, 2.05) is 12.1 Å². The number of carbonyl (C=O) groups excluding carboxylic acids is 2. The number of hydrogen-bond donors (Lipinski definition) is 2. The van der Waals surface area contributed by atoms with Crippen molar-refractivity contribution in [2.45, 2.75) is 25.5 Å². The van der Waals surface area contributed by atoms with Crippen molar-refractivity contribution < 1.29 is 14.7 Å². The number of carbonyl (C=O) groups is 2. The van der Waals surface area contributed by atoms with Crippen LogP contribution in [0.15, 0.2) is 24.3 Å². The first-order valence-electron chi connectivity index (χ1n) is 6.87. The molecule has 1 heterocycles. The Balaban J connectivity index is 1.95. The van der Waals surface area contributed by atoms with Gasteiger partial charge in [0.25, 0.3) is 5.91 Å². The summed E-state index contributed by atoms with van der Waals surface area (Å²) in [7, 11) is 1.47. The number of likely N-dealkylation sites (tertiary alicyclic amines) is 1. The van der Waals surface area contributed by atoms with Crippen LogP contribution in [-0.4, -0.2) is 48.8 Å². The van der Waals surface area contributed by atoms with E-state index >= 15 is 0 Å². The zero-order valence-electron chi connectivity index (χ0n) is 11.6. The molecule has 0 aliphatic carbocycles. The number of amides is 2. The van der Waals surface area contributed by atoms with Gasteiger partial charge in [-0.2, -0.15) is 0 Å². The van der Waals surface area contributed by atoms with Gasteiger partial charge in [-0.05, 0) is 30.5 Å². The molecular formula is C14H19BN2O3. The molecule has 2 N–H and O–H groups in total. The zero-order chi connectivity index (χ0) is 14.5. The molecule has 1 aromatic carbocycles. The highest BCUT2D eigenvalue weighted by Gasteiger charge is 2.22. The minimum Gasteiger partial charge on any atom is -0.393 e. The van der Waals surface area contributed by atoms with E-state index in [1.165, 1.54) is 7.85 Å².